The Labute approximate surface area is 232 Å². The van der Waals surface area contributed by atoms with Crippen molar-refractivity contribution in [2.75, 3.05) is 6.54 Å². The van der Waals surface area contributed by atoms with Crippen molar-refractivity contribution in [3.63, 3.8) is 0 Å². The van der Waals surface area contributed by atoms with E-state index in [0.29, 0.717) is 24.4 Å². The zero-order valence-electron chi connectivity index (χ0n) is 21.3. The van der Waals surface area contributed by atoms with E-state index in [1.165, 1.54) is 0 Å². The van der Waals surface area contributed by atoms with Crippen molar-refractivity contribution in [3.8, 4) is 11.1 Å². The number of aryl methyl sites for hydroxylation is 1. The second kappa shape index (κ2) is 9.89. The van der Waals surface area contributed by atoms with Gasteiger partial charge in [-0.1, -0.05) is 48.0 Å². The van der Waals surface area contributed by atoms with Crippen LogP contribution in [0.15, 0.2) is 71.8 Å². The maximum atomic E-state index is 15.2. The third-order valence-electron chi connectivity index (χ3n) is 7.74. The van der Waals surface area contributed by atoms with Gasteiger partial charge in [0.25, 0.3) is 11.5 Å². The topological polar surface area (TPSA) is 79.0 Å². The Morgan fingerprint density at radius 3 is 2.58 bits per heavy atom. The molecule has 6 nitrogen and oxygen atoms in total. The van der Waals surface area contributed by atoms with E-state index in [2.05, 4.69) is 16.0 Å². The molecule has 10 heteroatoms. The van der Waals surface area contributed by atoms with Crippen LogP contribution in [0.4, 0.5) is 13.2 Å². The first-order valence-electron chi connectivity index (χ1n) is 13.0. The van der Waals surface area contributed by atoms with Crippen molar-refractivity contribution in [2.45, 2.75) is 43.6 Å². The summed E-state index contributed by atoms with van der Waals surface area (Å²) < 4.78 is 44.7. The largest absolute Gasteiger partial charge is 0.352 e. The molecule has 2 aromatic heterocycles. The minimum Gasteiger partial charge on any atom is -0.333 e. The second-order valence-electron chi connectivity index (χ2n) is 10.3. The lowest BCUT2D eigenvalue weighted by Gasteiger charge is -2.26. The van der Waals surface area contributed by atoms with E-state index < -0.39 is 39.2 Å². The number of hydrogen-bond donors (Lipinski definition) is 1. The van der Waals surface area contributed by atoms with E-state index in [1.807, 2.05) is 30.3 Å². The van der Waals surface area contributed by atoms with Crippen LogP contribution in [0, 0.1) is 5.82 Å². The van der Waals surface area contributed by atoms with E-state index in [0.717, 1.165) is 52.6 Å². The fraction of sp³-hybridized carbons (Fsp3) is 0.267. The minimum atomic E-state index is -4.16. The lowest BCUT2D eigenvalue weighted by atomic mass is 9.93. The van der Waals surface area contributed by atoms with Gasteiger partial charge >= 0.3 is 5.92 Å². The highest BCUT2D eigenvalue weighted by atomic mass is 35.5. The molecule has 3 heterocycles. The van der Waals surface area contributed by atoms with Gasteiger partial charge in [0, 0.05) is 24.5 Å². The Kier molecular flexibility index (Phi) is 6.49. The Morgan fingerprint density at radius 2 is 1.82 bits per heavy atom. The van der Waals surface area contributed by atoms with Crippen molar-refractivity contribution in [1.29, 1.82) is 0 Å². The van der Waals surface area contributed by atoms with E-state index in [-0.39, 0.29) is 18.7 Å². The summed E-state index contributed by atoms with van der Waals surface area (Å²) in [6.07, 6.45) is 5.78. The van der Waals surface area contributed by atoms with Crippen LogP contribution in [0.25, 0.3) is 11.1 Å². The van der Waals surface area contributed by atoms with Crippen LogP contribution in [-0.4, -0.2) is 32.3 Å². The number of nitrogens with one attached hydrogen (secondary N) is 1. The fourth-order valence-electron chi connectivity index (χ4n) is 5.36. The van der Waals surface area contributed by atoms with Crippen molar-refractivity contribution in [2.24, 2.45) is 0 Å². The van der Waals surface area contributed by atoms with Gasteiger partial charge in [-0.15, -0.1) is 0 Å². The Balaban J connectivity index is 1.31. The van der Waals surface area contributed by atoms with Crippen LogP contribution in [-0.2, 0) is 29.1 Å². The quantitative estimate of drug-likeness (QED) is 0.334. The van der Waals surface area contributed by atoms with Crippen LogP contribution in [0.2, 0.25) is 5.02 Å². The van der Waals surface area contributed by atoms with E-state index in [9.17, 15) is 14.0 Å². The zero-order valence-corrected chi connectivity index (χ0v) is 22.0. The third kappa shape index (κ3) is 4.48. The van der Waals surface area contributed by atoms with Crippen LogP contribution in [0.5, 0.6) is 0 Å². The van der Waals surface area contributed by atoms with E-state index in [1.54, 1.807) is 12.4 Å². The zero-order chi connectivity index (χ0) is 28.1. The summed E-state index contributed by atoms with van der Waals surface area (Å²) in [6, 6.07) is 15.0. The molecule has 0 spiro atoms. The molecule has 2 aliphatic rings. The molecule has 1 amide bonds. The molecule has 0 bridgehead atoms. The SMILES string of the molecule is O=C(N1CCCc2nc(C3(c4cncc(-c5ccccc5)c4)CC3)[nH]c(=O)c2C1)C(F)(F)c1cccc(Cl)c1F. The summed E-state index contributed by atoms with van der Waals surface area (Å²) in [6.45, 7) is -0.386. The molecule has 204 valence electrons. The Hall–Kier alpha value is -3.98. The number of carbonyl (C=O) groups is 1. The number of halogens is 4. The van der Waals surface area contributed by atoms with Gasteiger partial charge in [0.2, 0.25) is 0 Å². The molecule has 0 saturated heterocycles. The third-order valence-corrected chi connectivity index (χ3v) is 8.03. The number of fused-ring (bicyclic) bond motifs is 1. The molecular formula is C30H24ClF3N4O2. The first kappa shape index (κ1) is 26.3. The van der Waals surface area contributed by atoms with Crippen molar-refractivity contribution >= 4 is 17.5 Å². The van der Waals surface area contributed by atoms with Crippen molar-refractivity contribution < 1.29 is 18.0 Å². The normalized spacial score (nSPS) is 16.2. The number of aromatic amines is 1. The average molecular weight is 565 g/mol. The van der Waals surface area contributed by atoms with Gasteiger partial charge < -0.3 is 9.88 Å². The first-order chi connectivity index (χ1) is 19.2. The van der Waals surface area contributed by atoms with Crippen molar-refractivity contribution in [1.82, 2.24) is 19.9 Å². The number of benzene rings is 2. The predicted octanol–water partition coefficient (Wildman–Crippen LogP) is 5.77. The number of amides is 1. The summed E-state index contributed by atoms with van der Waals surface area (Å²) in [5.41, 5.74) is 1.47. The first-order valence-corrected chi connectivity index (χ1v) is 13.3. The van der Waals surface area contributed by atoms with Gasteiger partial charge in [0.05, 0.1) is 33.8 Å². The predicted molar refractivity (Wildman–Crippen MR) is 144 cm³/mol. The number of carbonyl (C=O) groups excluding carboxylic acids is 1. The Bertz CT molecular complexity index is 1670. The number of hydrogen-bond acceptors (Lipinski definition) is 4. The van der Waals surface area contributed by atoms with Gasteiger partial charge in [-0.3, -0.25) is 14.6 Å². The molecule has 1 fully saturated rings. The average Bonchev–Trinajstić information content (AvgIpc) is 3.79. The molecule has 6 rings (SSSR count). The molecule has 1 saturated carbocycles. The van der Waals surface area contributed by atoms with Gasteiger partial charge in [-0.2, -0.15) is 8.78 Å². The van der Waals surface area contributed by atoms with Crippen LogP contribution >= 0.6 is 11.6 Å². The molecule has 2 aromatic carbocycles. The molecule has 1 aliphatic carbocycles. The molecule has 1 N–H and O–H groups in total. The summed E-state index contributed by atoms with van der Waals surface area (Å²) in [5.74, 6) is -6.58. The number of nitrogens with zero attached hydrogens (tertiary/aromatic N) is 3. The summed E-state index contributed by atoms with van der Waals surface area (Å²) in [5, 5.41) is -0.502. The number of alkyl halides is 2. The molecule has 0 unspecified atom stereocenters. The molecule has 1 aliphatic heterocycles. The molecule has 4 aromatic rings. The summed E-state index contributed by atoms with van der Waals surface area (Å²) in [4.78, 5) is 39.3. The molecule has 0 atom stereocenters. The van der Waals surface area contributed by atoms with Crippen LogP contribution < -0.4 is 5.56 Å². The highest BCUT2D eigenvalue weighted by Crippen LogP contribution is 2.52. The number of H-pyrrole nitrogens is 1. The number of aromatic nitrogens is 3. The standard InChI is InChI=1S/C30H24ClF3N4O2/c31-23-9-4-8-22(25(23)32)30(33,34)28(40)38-13-5-10-24-21(17-38)26(39)37-27(36-24)29(11-12-29)20-14-19(15-35-16-20)18-6-2-1-3-7-18/h1-4,6-9,14-16H,5,10-13,17H2,(H,36,37,39). The minimum absolute atomic E-state index is 0.0318. The summed E-state index contributed by atoms with van der Waals surface area (Å²) >= 11 is 5.67. The maximum Gasteiger partial charge on any atom is 0.352 e. The maximum absolute atomic E-state index is 15.2. The highest BCUT2D eigenvalue weighted by molar-refractivity contribution is 6.30. The molecule has 40 heavy (non-hydrogen) atoms. The molecule has 0 radical (unpaired) electrons. The number of pyridine rings is 1. The van der Waals surface area contributed by atoms with E-state index in [4.69, 9.17) is 16.6 Å². The van der Waals surface area contributed by atoms with Gasteiger partial charge in [-0.25, -0.2) is 9.37 Å². The summed E-state index contributed by atoms with van der Waals surface area (Å²) in [7, 11) is 0. The second-order valence-corrected chi connectivity index (χ2v) is 10.7. The van der Waals surface area contributed by atoms with E-state index >= 15 is 8.78 Å². The van der Waals surface area contributed by atoms with Gasteiger partial charge in [0.1, 0.15) is 5.82 Å². The highest BCUT2D eigenvalue weighted by Gasteiger charge is 2.50. The fourth-order valence-corrected chi connectivity index (χ4v) is 5.53. The van der Waals surface area contributed by atoms with Crippen LogP contribution in [0.3, 0.4) is 0 Å². The van der Waals surface area contributed by atoms with Gasteiger partial charge in [0.15, 0.2) is 5.82 Å². The smallest absolute Gasteiger partial charge is 0.333 e. The lowest BCUT2D eigenvalue weighted by molar-refractivity contribution is -0.160. The lowest BCUT2D eigenvalue weighted by Crippen LogP contribution is -2.43. The van der Waals surface area contributed by atoms with Crippen LogP contribution in [0.1, 0.15) is 47.5 Å². The van der Waals surface area contributed by atoms with Crippen molar-refractivity contribution in [3.05, 3.63) is 116 Å². The Morgan fingerprint density at radius 1 is 1.05 bits per heavy atom. The monoisotopic (exact) mass is 564 g/mol. The van der Waals surface area contributed by atoms with Gasteiger partial charge in [-0.05, 0) is 55.0 Å². The molecular weight excluding hydrogens is 541 g/mol. The number of rotatable bonds is 5.